The Bertz CT molecular complexity index is 100. The Morgan fingerprint density at radius 3 is 1.81 bits per heavy atom. The number of aliphatic hydroxyl groups is 1. The van der Waals surface area contributed by atoms with Crippen LogP contribution in [0.1, 0.15) is 64.7 Å². The third-order valence-corrected chi connectivity index (χ3v) is 2.72. The Balaban J connectivity index is 0. The second kappa shape index (κ2) is 17.6. The van der Waals surface area contributed by atoms with Crippen molar-refractivity contribution < 1.29 is 5.11 Å². The van der Waals surface area contributed by atoms with Crippen molar-refractivity contribution in [1.29, 1.82) is 0 Å². The molecule has 0 atom stereocenters. The lowest BCUT2D eigenvalue weighted by molar-refractivity contribution is 0.286. The molecular weight excluding hydrogens is 222 g/mol. The molecule has 0 bridgehead atoms. The SMILES string of the molecule is CCCCCCCCCCNCCCO.Cl. The van der Waals surface area contributed by atoms with Crippen LogP contribution in [0.2, 0.25) is 0 Å². The van der Waals surface area contributed by atoms with Gasteiger partial charge < -0.3 is 10.4 Å². The third-order valence-electron chi connectivity index (χ3n) is 2.72. The van der Waals surface area contributed by atoms with Gasteiger partial charge in [-0.3, -0.25) is 0 Å². The molecule has 0 radical (unpaired) electrons. The summed E-state index contributed by atoms with van der Waals surface area (Å²) in [6, 6.07) is 0. The maximum atomic E-state index is 8.57. The highest BCUT2D eigenvalue weighted by atomic mass is 35.5. The molecule has 0 aliphatic carbocycles. The summed E-state index contributed by atoms with van der Waals surface area (Å²) in [6.07, 6.45) is 11.9. The first-order valence-corrected chi connectivity index (χ1v) is 6.73. The molecule has 0 aromatic carbocycles. The summed E-state index contributed by atoms with van der Waals surface area (Å²) in [6.45, 7) is 4.66. The fraction of sp³-hybridized carbons (Fsp3) is 1.00. The first-order chi connectivity index (χ1) is 7.41. The molecule has 100 valence electrons. The highest BCUT2D eigenvalue weighted by molar-refractivity contribution is 5.85. The monoisotopic (exact) mass is 251 g/mol. The number of halogens is 1. The first-order valence-electron chi connectivity index (χ1n) is 6.73. The summed E-state index contributed by atoms with van der Waals surface area (Å²) in [5.74, 6) is 0. The van der Waals surface area contributed by atoms with Gasteiger partial charge in [0.25, 0.3) is 0 Å². The van der Waals surface area contributed by atoms with Crippen LogP contribution in [-0.2, 0) is 0 Å². The Kier molecular flexibility index (Phi) is 20.4. The van der Waals surface area contributed by atoms with Gasteiger partial charge in [0.05, 0.1) is 0 Å². The Labute approximate surface area is 108 Å². The van der Waals surface area contributed by atoms with E-state index < -0.39 is 0 Å². The fourth-order valence-electron chi connectivity index (χ4n) is 1.71. The highest BCUT2D eigenvalue weighted by Crippen LogP contribution is 2.07. The van der Waals surface area contributed by atoms with Crippen LogP contribution in [0.4, 0.5) is 0 Å². The van der Waals surface area contributed by atoms with E-state index in [-0.39, 0.29) is 12.4 Å². The van der Waals surface area contributed by atoms with Crippen LogP contribution in [0.15, 0.2) is 0 Å². The standard InChI is InChI=1S/C13H29NO.ClH/c1-2-3-4-5-6-7-8-9-11-14-12-10-13-15;/h14-15H,2-13H2,1H3;1H. The lowest BCUT2D eigenvalue weighted by Crippen LogP contribution is -2.17. The van der Waals surface area contributed by atoms with E-state index in [2.05, 4.69) is 12.2 Å². The van der Waals surface area contributed by atoms with Crippen molar-refractivity contribution in [2.75, 3.05) is 19.7 Å². The van der Waals surface area contributed by atoms with E-state index in [9.17, 15) is 0 Å². The molecule has 0 unspecified atom stereocenters. The van der Waals surface area contributed by atoms with Gasteiger partial charge in [0, 0.05) is 6.61 Å². The lowest BCUT2D eigenvalue weighted by Gasteiger charge is -2.03. The summed E-state index contributed by atoms with van der Waals surface area (Å²) >= 11 is 0. The molecule has 0 saturated heterocycles. The number of hydrogen-bond donors (Lipinski definition) is 2. The van der Waals surface area contributed by atoms with Gasteiger partial charge in [0.1, 0.15) is 0 Å². The van der Waals surface area contributed by atoms with Crippen molar-refractivity contribution in [3.8, 4) is 0 Å². The van der Waals surface area contributed by atoms with Gasteiger partial charge in [-0.05, 0) is 25.9 Å². The van der Waals surface area contributed by atoms with Crippen LogP contribution in [0.5, 0.6) is 0 Å². The molecule has 0 amide bonds. The highest BCUT2D eigenvalue weighted by Gasteiger charge is 1.91. The number of hydrogen-bond acceptors (Lipinski definition) is 2. The molecule has 16 heavy (non-hydrogen) atoms. The van der Waals surface area contributed by atoms with Gasteiger partial charge in [0.2, 0.25) is 0 Å². The maximum Gasteiger partial charge on any atom is 0.0443 e. The number of rotatable bonds is 12. The molecule has 0 rings (SSSR count). The summed E-state index contributed by atoms with van der Waals surface area (Å²) in [5, 5.41) is 11.9. The summed E-state index contributed by atoms with van der Waals surface area (Å²) in [4.78, 5) is 0. The molecule has 3 heteroatoms. The van der Waals surface area contributed by atoms with Gasteiger partial charge in [-0.1, -0.05) is 51.9 Å². The van der Waals surface area contributed by atoms with Gasteiger partial charge >= 0.3 is 0 Å². The minimum Gasteiger partial charge on any atom is -0.396 e. The van der Waals surface area contributed by atoms with E-state index >= 15 is 0 Å². The largest absolute Gasteiger partial charge is 0.396 e. The summed E-state index contributed by atoms with van der Waals surface area (Å²) < 4.78 is 0. The molecule has 0 aliphatic heterocycles. The smallest absolute Gasteiger partial charge is 0.0443 e. The van der Waals surface area contributed by atoms with Gasteiger partial charge in [-0.2, -0.15) is 0 Å². The molecule has 0 aliphatic rings. The second-order valence-electron chi connectivity index (χ2n) is 4.30. The minimum absolute atomic E-state index is 0. The number of unbranched alkanes of at least 4 members (excludes halogenated alkanes) is 7. The van der Waals surface area contributed by atoms with Crippen molar-refractivity contribution in [2.45, 2.75) is 64.7 Å². The normalized spacial score (nSPS) is 10.1. The van der Waals surface area contributed by atoms with E-state index in [1.165, 1.54) is 51.4 Å². The number of aliphatic hydroxyl groups excluding tert-OH is 1. The van der Waals surface area contributed by atoms with Gasteiger partial charge in [-0.15, -0.1) is 12.4 Å². The van der Waals surface area contributed by atoms with Crippen LogP contribution in [0.25, 0.3) is 0 Å². The van der Waals surface area contributed by atoms with Crippen molar-refractivity contribution in [3.63, 3.8) is 0 Å². The van der Waals surface area contributed by atoms with Crippen LogP contribution in [-0.4, -0.2) is 24.8 Å². The average molecular weight is 252 g/mol. The molecule has 2 N–H and O–H groups in total. The quantitative estimate of drug-likeness (QED) is 0.520. The predicted octanol–water partition coefficient (Wildman–Crippen LogP) is 3.52. The Hall–Kier alpha value is 0.210. The topological polar surface area (TPSA) is 32.3 Å². The van der Waals surface area contributed by atoms with E-state index in [4.69, 9.17) is 5.11 Å². The van der Waals surface area contributed by atoms with E-state index in [1.54, 1.807) is 0 Å². The van der Waals surface area contributed by atoms with Gasteiger partial charge in [0.15, 0.2) is 0 Å². The molecule has 0 heterocycles. The van der Waals surface area contributed by atoms with Crippen molar-refractivity contribution in [1.82, 2.24) is 5.32 Å². The predicted molar refractivity (Wildman–Crippen MR) is 74.4 cm³/mol. The number of nitrogens with one attached hydrogen (secondary N) is 1. The van der Waals surface area contributed by atoms with Crippen molar-refractivity contribution in [3.05, 3.63) is 0 Å². The van der Waals surface area contributed by atoms with E-state index in [0.29, 0.717) is 6.61 Å². The van der Waals surface area contributed by atoms with Crippen molar-refractivity contribution >= 4 is 12.4 Å². The zero-order valence-electron chi connectivity index (χ0n) is 10.8. The molecule has 2 nitrogen and oxygen atoms in total. The van der Waals surface area contributed by atoms with Crippen LogP contribution >= 0.6 is 12.4 Å². The maximum absolute atomic E-state index is 8.57. The zero-order valence-corrected chi connectivity index (χ0v) is 11.7. The van der Waals surface area contributed by atoms with E-state index in [1.807, 2.05) is 0 Å². The molecule has 0 aromatic heterocycles. The Morgan fingerprint density at radius 1 is 0.750 bits per heavy atom. The molecular formula is C13H30ClNO. The minimum atomic E-state index is 0. The first kappa shape index (κ1) is 18.6. The molecule has 0 spiro atoms. The molecule has 0 aromatic rings. The van der Waals surface area contributed by atoms with E-state index in [0.717, 1.165) is 19.5 Å². The summed E-state index contributed by atoms with van der Waals surface area (Å²) in [5.41, 5.74) is 0. The zero-order chi connectivity index (χ0) is 11.2. The Morgan fingerprint density at radius 2 is 1.25 bits per heavy atom. The third kappa shape index (κ3) is 16.6. The lowest BCUT2D eigenvalue weighted by atomic mass is 10.1. The average Bonchev–Trinajstić information content (AvgIpc) is 2.26. The van der Waals surface area contributed by atoms with Crippen LogP contribution in [0, 0.1) is 0 Å². The molecule has 0 saturated carbocycles. The molecule has 0 fully saturated rings. The second-order valence-corrected chi connectivity index (χ2v) is 4.30. The summed E-state index contributed by atoms with van der Waals surface area (Å²) in [7, 11) is 0. The van der Waals surface area contributed by atoms with Crippen LogP contribution < -0.4 is 5.32 Å². The van der Waals surface area contributed by atoms with Gasteiger partial charge in [-0.25, -0.2) is 0 Å². The fourth-order valence-corrected chi connectivity index (χ4v) is 1.71. The van der Waals surface area contributed by atoms with Crippen molar-refractivity contribution in [2.24, 2.45) is 0 Å². The van der Waals surface area contributed by atoms with Crippen LogP contribution in [0.3, 0.4) is 0 Å².